The van der Waals surface area contributed by atoms with Gasteiger partial charge in [-0.25, -0.2) is 4.39 Å². The van der Waals surface area contributed by atoms with Crippen LogP contribution in [-0.2, 0) is 29.0 Å². The molecule has 0 radical (unpaired) electrons. The van der Waals surface area contributed by atoms with Gasteiger partial charge < -0.3 is 14.6 Å². The Morgan fingerprint density at radius 3 is 2.80 bits per heavy atom. The van der Waals surface area contributed by atoms with Crippen LogP contribution in [0.1, 0.15) is 43.5 Å². The van der Waals surface area contributed by atoms with Crippen molar-refractivity contribution in [2.45, 2.75) is 45.8 Å². The normalized spacial score (nSPS) is 15.7. The maximum absolute atomic E-state index is 14.2. The Bertz CT molecular complexity index is 853. The van der Waals surface area contributed by atoms with Crippen LogP contribution in [0.15, 0.2) is 18.2 Å². The predicted molar refractivity (Wildman–Crippen MR) is 113 cm³/mol. The fourth-order valence-corrected chi connectivity index (χ4v) is 4.00. The van der Waals surface area contributed by atoms with Crippen LogP contribution in [0.2, 0.25) is 5.02 Å². The zero-order chi connectivity index (χ0) is 21.7. The van der Waals surface area contributed by atoms with Gasteiger partial charge in [0.05, 0.1) is 6.04 Å². The summed E-state index contributed by atoms with van der Waals surface area (Å²) < 4.78 is 21.2. The zero-order valence-electron chi connectivity index (χ0n) is 17.7. The lowest BCUT2D eigenvalue weighted by Crippen LogP contribution is -2.34. The molecule has 1 aromatic carbocycles. The number of aromatic nitrogens is 3. The predicted octanol–water partition coefficient (Wildman–Crippen LogP) is 2.98. The van der Waals surface area contributed by atoms with E-state index in [1.165, 1.54) is 13.2 Å². The van der Waals surface area contributed by atoms with Gasteiger partial charge >= 0.3 is 0 Å². The number of carbonyl (C=O) groups is 1. The third kappa shape index (κ3) is 5.56. The van der Waals surface area contributed by atoms with E-state index in [4.69, 9.17) is 16.3 Å². The minimum absolute atomic E-state index is 0.00671. The number of benzene rings is 1. The lowest BCUT2D eigenvalue weighted by atomic mass is 10.0. The number of rotatable bonds is 8. The molecule has 0 aliphatic carbocycles. The van der Waals surface area contributed by atoms with Crippen molar-refractivity contribution in [1.29, 1.82) is 0 Å². The minimum atomic E-state index is -0.287. The zero-order valence-corrected chi connectivity index (χ0v) is 18.5. The first-order chi connectivity index (χ1) is 14.4. The highest BCUT2D eigenvalue weighted by Crippen LogP contribution is 2.24. The first-order valence-corrected chi connectivity index (χ1v) is 10.6. The van der Waals surface area contributed by atoms with Crippen LogP contribution < -0.4 is 5.32 Å². The van der Waals surface area contributed by atoms with Crippen LogP contribution in [0.25, 0.3) is 0 Å². The summed E-state index contributed by atoms with van der Waals surface area (Å²) in [5.41, 5.74) is 0.515. The number of ether oxygens (including phenoxy) is 1. The fraction of sp³-hybridized carbons (Fsp3) is 0.571. The molecule has 164 valence electrons. The van der Waals surface area contributed by atoms with Crippen LogP contribution in [0.3, 0.4) is 0 Å². The molecule has 2 aromatic rings. The molecule has 0 saturated heterocycles. The molecule has 1 atom stereocenters. The third-order valence-corrected chi connectivity index (χ3v) is 5.57. The topological polar surface area (TPSA) is 72.3 Å². The van der Waals surface area contributed by atoms with Crippen LogP contribution in [0.5, 0.6) is 0 Å². The maximum Gasteiger partial charge on any atom is 0.246 e. The number of hydrogen-bond donors (Lipinski definition) is 1. The molecular formula is C21H29ClFN5O2. The van der Waals surface area contributed by atoms with Gasteiger partial charge in [-0.3, -0.25) is 9.69 Å². The molecule has 7 nitrogen and oxygen atoms in total. The second kappa shape index (κ2) is 10.3. The molecular weight excluding hydrogens is 409 g/mol. The van der Waals surface area contributed by atoms with Crippen molar-refractivity contribution in [2.24, 2.45) is 5.92 Å². The maximum atomic E-state index is 14.2. The lowest BCUT2D eigenvalue weighted by Gasteiger charge is -2.22. The van der Waals surface area contributed by atoms with Crippen molar-refractivity contribution >= 4 is 17.5 Å². The number of hydrogen-bond acceptors (Lipinski definition) is 5. The number of nitrogens with one attached hydrogen (secondary N) is 1. The van der Waals surface area contributed by atoms with Gasteiger partial charge in [0, 0.05) is 50.3 Å². The Balaban J connectivity index is 1.75. The summed E-state index contributed by atoms with van der Waals surface area (Å²) in [7, 11) is 1.50. The van der Waals surface area contributed by atoms with Gasteiger partial charge in [0.25, 0.3) is 0 Å². The molecule has 30 heavy (non-hydrogen) atoms. The standard InChI is InChI=1S/C21H29ClFN5O2/c1-14(2)11-18(24-20(29)13-30-3)21-26-25-19-7-8-27(9-10-28(19)21)12-15-16(22)5-4-6-17(15)23/h4-6,14,18H,7-13H2,1-3H3,(H,24,29). The quantitative estimate of drug-likeness (QED) is 0.687. The minimum Gasteiger partial charge on any atom is -0.375 e. The number of amides is 1. The Morgan fingerprint density at radius 2 is 2.10 bits per heavy atom. The van der Waals surface area contributed by atoms with Gasteiger partial charge in [-0.05, 0) is 24.5 Å². The van der Waals surface area contributed by atoms with Crippen LogP contribution in [-0.4, -0.2) is 52.4 Å². The molecule has 1 N–H and O–H groups in total. The molecule has 2 heterocycles. The van der Waals surface area contributed by atoms with E-state index >= 15 is 0 Å². The van der Waals surface area contributed by atoms with Crippen molar-refractivity contribution in [3.05, 3.63) is 46.3 Å². The van der Waals surface area contributed by atoms with Crippen LogP contribution in [0, 0.1) is 11.7 Å². The summed E-state index contributed by atoms with van der Waals surface area (Å²) in [6, 6.07) is 4.53. The largest absolute Gasteiger partial charge is 0.375 e. The molecule has 1 aliphatic rings. The van der Waals surface area contributed by atoms with Crippen molar-refractivity contribution in [1.82, 2.24) is 25.0 Å². The van der Waals surface area contributed by atoms with E-state index in [9.17, 15) is 9.18 Å². The van der Waals surface area contributed by atoms with Gasteiger partial charge in [0.1, 0.15) is 18.2 Å². The van der Waals surface area contributed by atoms with Crippen LogP contribution >= 0.6 is 11.6 Å². The van der Waals surface area contributed by atoms with Gasteiger partial charge in [0.15, 0.2) is 5.82 Å². The van der Waals surface area contributed by atoms with Gasteiger partial charge in [-0.2, -0.15) is 0 Å². The van der Waals surface area contributed by atoms with E-state index in [0.717, 1.165) is 24.6 Å². The Kier molecular flexibility index (Phi) is 7.80. The highest BCUT2D eigenvalue weighted by Gasteiger charge is 2.26. The van der Waals surface area contributed by atoms with Crippen molar-refractivity contribution < 1.29 is 13.9 Å². The summed E-state index contributed by atoms with van der Waals surface area (Å²) in [6.07, 6.45) is 1.45. The van der Waals surface area contributed by atoms with Crippen LogP contribution in [0.4, 0.5) is 4.39 Å². The second-order valence-electron chi connectivity index (χ2n) is 8.04. The number of methoxy groups -OCH3 is 1. The van der Waals surface area contributed by atoms with Crippen molar-refractivity contribution in [3.63, 3.8) is 0 Å². The number of nitrogens with zero attached hydrogens (tertiary/aromatic N) is 4. The molecule has 1 amide bonds. The fourth-order valence-electron chi connectivity index (χ4n) is 3.78. The van der Waals surface area contributed by atoms with E-state index in [2.05, 4.69) is 38.8 Å². The molecule has 0 bridgehead atoms. The molecule has 0 fully saturated rings. The van der Waals surface area contributed by atoms with Crippen molar-refractivity contribution in [2.75, 3.05) is 26.8 Å². The van der Waals surface area contributed by atoms with E-state index in [0.29, 0.717) is 42.6 Å². The monoisotopic (exact) mass is 437 g/mol. The molecule has 1 aliphatic heterocycles. The van der Waals surface area contributed by atoms with Gasteiger partial charge in [-0.15, -0.1) is 10.2 Å². The first-order valence-electron chi connectivity index (χ1n) is 10.2. The molecule has 9 heteroatoms. The third-order valence-electron chi connectivity index (χ3n) is 5.22. The van der Waals surface area contributed by atoms with E-state index in [-0.39, 0.29) is 24.4 Å². The lowest BCUT2D eigenvalue weighted by molar-refractivity contribution is -0.125. The summed E-state index contributed by atoms with van der Waals surface area (Å²) in [6.45, 7) is 6.77. The highest BCUT2D eigenvalue weighted by molar-refractivity contribution is 6.31. The summed E-state index contributed by atoms with van der Waals surface area (Å²) in [5, 5.41) is 12.2. The second-order valence-corrected chi connectivity index (χ2v) is 8.44. The van der Waals surface area contributed by atoms with E-state index in [1.807, 2.05) is 0 Å². The Hall–Kier alpha value is -2.03. The molecule has 0 saturated carbocycles. The summed E-state index contributed by atoms with van der Waals surface area (Å²) in [4.78, 5) is 14.3. The average molecular weight is 438 g/mol. The van der Waals surface area contributed by atoms with E-state index < -0.39 is 0 Å². The van der Waals surface area contributed by atoms with E-state index in [1.54, 1.807) is 12.1 Å². The van der Waals surface area contributed by atoms with Gasteiger partial charge in [0.2, 0.25) is 5.91 Å². The van der Waals surface area contributed by atoms with Crippen molar-refractivity contribution in [3.8, 4) is 0 Å². The molecule has 0 spiro atoms. The molecule has 1 aromatic heterocycles. The molecule has 1 unspecified atom stereocenters. The first kappa shape index (κ1) is 22.7. The smallest absolute Gasteiger partial charge is 0.246 e. The summed E-state index contributed by atoms with van der Waals surface area (Å²) >= 11 is 6.20. The Morgan fingerprint density at radius 1 is 1.30 bits per heavy atom. The van der Waals surface area contributed by atoms with Gasteiger partial charge in [-0.1, -0.05) is 31.5 Å². The molecule has 3 rings (SSSR count). The Labute approximate surface area is 181 Å². The highest BCUT2D eigenvalue weighted by atomic mass is 35.5. The SMILES string of the molecule is COCC(=O)NC(CC(C)C)c1nnc2n1CCN(Cc1c(F)cccc1Cl)CC2. The summed E-state index contributed by atoms with van der Waals surface area (Å²) in [5.74, 6) is 1.54. The number of carbonyl (C=O) groups excluding carboxylic acids is 1. The average Bonchev–Trinajstić information content (AvgIpc) is 2.98. The number of fused-ring (bicyclic) bond motifs is 1. The number of halogens is 2.